The zero-order valence-corrected chi connectivity index (χ0v) is 45.5. The minimum absolute atomic E-state index is 0.0485. The van der Waals surface area contributed by atoms with Gasteiger partial charge in [-0.15, -0.1) is 0 Å². The fraction of sp³-hybridized carbons (Fsp3) is 0.631. The van der Waals surface area contributed by atoms with Crippen LogP contribution in [0.15, 0.2) is 134 Å². The van der Waals surface area contributed by atoms with Crippen molar-refractivity contribution in [2.24, 2.45) is 0 Å². The van der Waals surface area contributed by atoms with Crippen LogP contribution in [0.5, 0.6) is 0 Å². The molecule has 0 saturated heterocycles. The maximum Gasteiger partial charge on any atom is 0.306 e. The molecule has 0 amide bonds. The van der Waals surface area contributed by atoms with Crippen molar-refractivity contribution in [2.45, 2.75) is 245 Å². The van der Waals surface area contributed by atoms with E-state index in [1.807, 2.05) is 0 Å². The van der Waals surface area contributed by atoms with Gasteiger partial charge in [0, 0.05) is 19.4 Å². The highest BCUT2D eigenvalue weighted by Gasteiger charge is 2.17. The second-order valence-electron chi connectivity index (χ2n) is 18.4. The van der Waals surface area contributed by atoms with Gasteiger partial charge in [0.1, 0.15) is 6.61 Å². The molecule has 5 nitrogen and oxygen atoms in total. The third-order valence-electron chi connectivity index (χ3n) is 11.7. The van der Waals surface area contributed by atoms with E-state index in [4.69, 9.17) is 14.2 Å². The molecule has 1 atom stereocenters. The summed E-state index contributed by atoms with van der Waals surface area (Å²) in [6.45, 7) is 7.49. The van der Waals surface area contributed by atoms with Crippen molar-refractivity contribution in [2.75, 3.05) is 19.8 Å². The number of rotatable bonds is 51. The minimum atomic E-state index is -0.575. The molecule has 0 heterocycles. The highest BCUT2D eigenvalue weighted by Crippen LogP contribution is 2.13. The van der Waals surface area contributed by atoms with E-state index in [1.165, 1.54) is 70.6 Å². The first-order valence-electron chi connectivity index (χ1n) is 28.7. The number of unbranched alkanes of at least 4 members (excludes halogenated alkanes) is 18. The topological polar surface area (TPSA) is 61.8 Å². The average Bonchev–Trinajstić information content (AvgIpc) is 3.36. The lowest BCUT2D eigenvalue weighted by molar-refractivity contribution is -0.163. The fourth-order valence-corrected chi connectivity index (χ4v) is 7.44. The molecule has 0 aromatic carbocycles. The van der Waals surface area contributed by atoms with Gasteiger partial charge in [-0.05, 0) is 135 Å². The SMILES string of the molecule is CC/C=C\C/C=C\C/C=C\C/C=C\C/C=C\CCCCCC(=O)OCC(COCCCCCCCC/C=C\C/C=C\C/C=C\CC)OC(=O)CCCCCCCC/C=C\C/C=C\C/C=C\CCCCC. The monoisotopic (exact) mass is 967 g/mol. The highest BCUT2D eigenvalue weighted by molar-refractivity contribution is 5.70. The van der Waals surface area contributed by atoms with Crippen molar-refractivity contribution in [1.82, 2.24) is 0 Å². The molecular weight excluding hydrogens is 861 g/mol. The van der Waals surface area contributed by atoms with E-state index in [0.717, 1.165) is 135 Å². The van der Waals surface area contributed by atoms with E-state index in [0.29, 0.717) is 19.4 Å². The Labute approximate surface area is 432 Å². The molecule has 70 heavy (non-hydrogen) atoms. The second-order valence-corrected chi connectivity index (χ2v) is 18.4. The van der Waals surface area contributed by atoms with Crippen LogP contribution in [0.1, 0.15) is 239 Å². The third kappa shape index (κ3) is 56.6. The summed E-state index contributed by atoms with van der Waals surface area (Å²) in [5.41, 5.74) is 0. The van der Waals surface area contributed by atoms with Crippen molar-refractivity contribution in [3.8, 4) is 0 Å². The van der Waals surface area contributed by atoms with Gasteiger partial charge in [0.15, 0.2) is 6.10 Å². The van der Waals surface area contributed by atoms with Crippen LogP contribution >= 0.6 is 0 Å². The molecule has 0 aliphatic heterocycles. The van der Waals surface area contributed by atoms with Crippen molar-refractivity contribution in [1.29, 1.82) is 0 Å². The lowest BCUT2D eigenvalue weighted by Crippen LogP contribution is -2.30. The van der Waals surface area contributed by atoms with E-state index in [1.54, 1.807) is 0 Å². The standard InChI is InChI=1S/C65H106O5/c1-4-7-10-13-16-19-22-25-28-31-33-35-37-40-43-46-49-52-55-58-64(66)69-62-63(61-68-60-57-54-51-48-45-42-39-30-27-24-21-18-15-12-9-6-3)70-65(67)59-56-53-50-47-44-41-38-36-34-32-29-26-23-20-17-14-11-8-5-2/h7,9-10,12,16-21,25-30,33-36,40,43,63H,4-6,8,11,13-15,22-24,31-32,37-39,41-42,44-62H2,1-3H3/b10-7-,12-9-,19-16-,20-17-,21-18-,28-25-,29-26-,30-27-,35-33-,36-34-,43-40-. The molecule has 1 unspecified atom stereocenters. The molecule has 0 spiro atoms. The first kappa shape index (κ1) is 66.0. The van der Waals surface area contributed by atoms with Crippen LogP contribution in [0.4, 0.5) is 0 Å². The quantitative estimate of drug-likeness (QED) is 0.0345. The zero-order valence-electron chi connectivity index (χ0n) is 45.5. The Morgan fingerprint density at radius 3 is 1.04 bits per heavy atom. The van der Waals surface area contributed by atoms with Crippen LogP contribution in [-0.4, -0.2) is 37.9 Å². The number of allylic oxidation sites excluding steroid dienone is 22. The van der Waals surface area contributed by atoms with Gasteiger partial charge in [-0.25, -0.2) is 0 Å². The summed E-state index contributed by atoms with van der Waals surface area (Å²) in [5, 5.41) is 0. The Morgan fingerprint density at radius 1 is 0.329 bits per heavy atom. The van der Waals surface area contributed by atoms with E-state index in [2.05, 4.69) is 154 Å². The minimum Gasteiger partial charge on any atom is -0.462 e. The van der Waals surface area contributed by atoms with Crippen LogP contribution in [0.25, 0.3) is 0 Å². The largest absolute Gasteiger partial charge is 0.462 e. The van der Waals surface area contributed by atoms with E-state index in [9.17, 15) is 9.59 Å². The van der Waals surface area contributed by atoms with Crippen molar-refractivity contribution in [3.05, 3.63) is 134 Å². The van der Waals surface area contributed by atoms with Crippen molar-refractivity contribution in [3.63, 3.8) is 0 Å². The summed E-state index contributed by atoms with van der Waals surface area (Å²) >= 11 is 0. The highest BCUT2D eigenvalue weighted by atomic mass is 16.6. The van der Waals surface area contributed by atoms with Gasteiger partial charge in [-0.3, -0.25) is 9.59 Å². The van der Waals surface area contributed by atoms with Gasteiger partial charge >= 0.3 is 11.9 Å². The number of carbonyl (C=O) groups is 2. The van der Waals surface area contributed by atoms with E-state index >= 15 is 0 Å². The Kier molecular flexibility index (Phi) is 56.0. The summed E-state index contributed by atoms with van der Waals surface area (Å²) in [4.78, 5) is 25.5. The molecule has 0 rings (SSSR count). The molecule has 5 heteroatoms. The molecule has 0 aliphatic carbocycles. The molecule has 0 bridgehead atoms. The van der Waals surface area contributed by atoms with E-state index < -0.39 is 6.10 Å². The lowest BCUT2D eigenvalue weighted by Gasteiger charge is -2.18. The summed E-state index contributed by atoms with van der Waals surface area (Å²) in [6.07, 6.45) is 84.7. The number of ether oxygens (including phenoxy) is 3. The van der Waals surface area contributed by atoms with E-state index in [-0.39, 0.29) is 25.2 Å². The first-order valence-corrected chi connectivity index (χ1v) is 28.7. The van der Waals surface area contributed by atoms with Crippen LogP contribution in [0.2, 0.25) is 0 Å². The van der Waals surface area contributed by atoms with Gasteiger partial charge in [-0.1, -0.05) is 225 Å². The van der Waals surface area contributed by atoms with Crippen LogP contribution in [0.3, 0.4) is 0 Å². The zero-order chi connectivity index (χ0) is 50.6. The van der Waals surface area contributed by atoms with Gasteiger partial charge in [-0.2, -0.15) is 0 Å². The Balaban J connectivity index is 4.42. The van der Waals surface area contributed by atoms with Gasteiger partial charge in [0.2, 0.25) is 0 Å². The van der Waals surface area contributed by atoms with Crippen LogP contribution < -0.4 is 0 Å². The molecule has 396 valence electrons. The summed E-state index contributed by atoms with van der Waals surface area (Å²) in [7, 11) is 0. The van der Waals surface area contributed by atoms with Crippen LogP contribution in [0, 0.1) is 0 Å². The third-order valence-corrected chi connectivity index (χ3v) is 11.7. The number of hydrogen-bond donors (Lipinski definition) is 0. The predicted octanol–water partition coefficient (Wildman–Crippen LogP) is 19.9. The number of esters is 2. The normalized spacial score (nSPS) is 13.2. The van der Waals surface area contributed by atoms with Gasteiger partial charge < -0.3 is 14.2 Å². The number of carbonyl (C=O) groups excluding carboxylic acids is 2. The molecule has 0 fully saturated rings. The maximum atomic E-state index is 12.9. The summed E-state index contributed by atoms with van der Waals surface area (Å²) in [5.74, 6) is -0.462. The average molecular weight is 968 g/mol. The lowest BCUT2D eigenvalue weighted by atomic mass is 10.1. The Hall–Kier alpha value is -3.96. The number of hydrogen-bond acceptors (Lipinski definition) is 5. The maximum absolute atomic E-state index is 12.9. The Morgan fingerprint density at radius 2 is 0.643 bits per heavy atom. The summed E-state index contributed by atoms with van der Waals surface area (Å²) in [6, 6.07) is 0. The molecule has 0 aliphatic rings. The van der Waals surface area contributed by atoms with Crippen molar-refractivity contribution < 1.29 is 23.8 Å². The second kappa shape index (κ2) is 59.3. The summed E-state index contributed by atoms with van der Waals surface area (Å²) < 4.78 is 17.4. The molecule has 0 radical (unpaired) electrons. The molecule has 0 aromatic rings. The van der Waals surface area contributed by atoms with Gasteiger partial charge in [0.25, 0.3) is 0 Å². The first-order chi connectivity index (χ1) is 34.6. The predicted molar refractivity (Wildman–Crippen MR) is 306 cm³/mol. The fourth-order valence-electron chi connectivity index (χ4n) is 7.44. The Bertz CT molecular complexity index is 1470. The molecular formula is C65H106O5. The molecule has 0 saturated carbocycles. The smallest absolute Gasteiger partial charge is 0.306 e. The van der Waals surface area contributed by atoms with Gasteiger partial charge in [0.05, 0.1) is 6.61 Å². The van der Waals surface area contributed by atoms with Crippen LogP contribution in [-0.2, 0) is 23.8 Å². The molecule has 0 N–H and O–H groups in total. The van der Waals surface area contributed by atoms with Crippen molar-refractivity contribution >= 4 is 11.9 Å². The molecule has 0 aromatic heterocycles.